The molecular weight excluding hydrogens is 464 g/mol. The summed E-state index contributed by atoms with van der Waals surface area (Å²) in [6, 6.07) is 13.5. The van der Waals surface area contributed by atoms with Gasteiger partial charge in [0.05, 0.1) is 5.69 Å². The second-order valence-corrected chi connectivity index (χ2v) is 8.12. The summed E-state index contributed by atoms with van der Waals surface area (Å²) >= 11 is 0. The van der Waals surface area contributed by atoms with Crippen LogP contribution in [0.1, 0.15) is 18.4 Å². The van der Waals surface area contributed by atoms with Crippen LogP contribution in [-0.2, 0) is 20.9 Å². The molecule has 0 aliphatic carbocycles. The smallest absolute Gasteiger partial charge is 0.410 e. The standard InChI is InChI=1S/C24H25F2N3O6/c25-22(26)35-20-9-5-4-8-18(20)27-23(31)28-12-10-17(11-13-28)29-19(15-34-24(29)32)21(30)33-14-16-6-2-1-3-7-16/h1-9,17,19,22H,10-15H2,(H,27,31). The summed E-state index contributed by atoms with van der Waals surface area (Å²) in [5.74, 6) is -0.682. The number of cyclic esters (lactones) is 1. The van der Waals surface area contributed by atoms with Crippen LogP contribution >= 0.6 is 0 Å². The summed E-state index contributed by atoms with van der Waals surface area (Å²) in [6.45, 7) is -2.42. The Balaban J connectivity index is 1.32. The first-order chi connectivity index (χ1) is 16.9. The maximum absolute atomic E-state index is 12.7. The SMILES string of the molecule is O=C(OCc1ccccc1)C1COC(=O)N1C1CCN(C(=O)Nc2ccccc2OC(F)F)CC1. The van der Waals surface area contributed by atoms with Crippen LogP contribution in [-0.4, -0.2) is 66.3 Å². The average Bonchev–Trinajstić information content (AvgIpc) is 3.25. The van der Waals surface area contributed by atoms with Gasteiger partial charge in [-0.15, -0.1) is 0 Å². The Morgan fingerprint density at radius 1 is 1.06 bits per heavy atom. The molecule has 0 aromatic heterocycles. The number of carbonyl (C=O) groups is 3. The number of ether oxygens (including phenoxy) is 3. The van der Waals surface area contributed by atoms with E-state index < -0.39 is 30.7 Å². The topological polar surface area (TPSA) is 97.4 Å². The highest BCUT2D eigenvalue weighted by Crippen LogP contribution is 2.28. The Hall–Kier alpha value is -3.89. The number of nitrogens with one attached hydrogen (secondary N) is 1. The maximum Gasteiger partial charge on any atom is 0.410 e. The first kappa shape index (κ1) is 24.2. The van der Waals surface area contributed by atoms with Crippen molar-refractivity contribution in [3.63, 3.8) is 0 Å². The normalized spacial score (nSPS) is 18.4. The van der Waals surface area contributed by atoms with Crippen LogP contribution in [0.3, 0.4) is 0 Å². The molecule has 2 fully saturated rings. The summed E-state index contributed by atoms with van der Waals surface area (Å²) in [5, 5.41) is 2.59. The second kappa shape index (κ2) is 11.0. The van der Waals surface area contributed by atoms with Gasteiger partial charge in [-0.1, -0.05) is 42.5 Å². The summed E-state index contributed by atoms with van der Waals surface area (Å²) in [5.41, 5.74) is 0.960. The van der Waals surface area contributed by atoms with E-state index in [-0.39, 0.29) is 30.7 Å². The number of esters is 1. The summed E-state index contributed by atoms with van der Waals surface area (Å²) in [4.78, 5) is 40.6. The fraction of sp³-hybridized carbons (Fsp3) is 0.375. The highest BCUT2D eigenvalue weighted by molar-refractivity contribution is 5.91. The van der Waals surface area contributed by atoms with Gasteiger partial charge in [0.25, 0.3) is 0 Å². The molecule has 2 aromatic rings. The van der Waals surface area contributed by atoms with E-state index in [1.54, 1.807) is 6.07 Å². The third kappa shape index (κ3) is 5.97. The molecule has 11 heteroatoms. The molecule has 35 heavy (non-hydrogen) atoms. The number of amides is 3. The van der Waals surface area contributed by atoms with Crippen LogP contribution in [0.5, 0.6) is 5.75 Å². The van der Waals surface area contributed by atoms with Gasteiger partial charge in [0, 0.05) is 19.1 Å². The van der Waals surface area contributed by atoms with Gasteiger partial charge in [-0.05, 0) is 30.5 Å². The summed E-state index contributed by atoms with van der Waals surface area (Å²) in [6.07, 6.45) is 0.244. The number of rotatable bonds is 7. The monoisotopic (exact) mass is 489 g/mol. The highest BCUT2D eigenvalue weighted by atomic mass is 19.3. The van der Waals surface area contributed by atoms with Gasteiger partial charge in [0.2, 0.25) is 0 Å². The van der Waals surface area contributed by atoms with Gasteiger partial charge < -0.3 is 24.4 Å². The lowest BCUT2D eigenvalue weighted by Crippen LogP contribution is -2.52. The first-order valence-corrected chi connectivity index (χ1v) is 11.2. The average molecular weight is 489 g/mol. The van der Waals surface area contributed by atoms with Crippen LogP contribution in [0.25, 0.3) is 0 Å². The third-order valence-electron chi connectivity index (χ3n) is 5.90. The number of anilines is 1. The Morgan fingerprint density at radius 2 is 1.74 bits per heavy atom. The van der Waals surface area contributed by atoms with Crippen LogP contribution < -0.4 is 10.1 Å². The minimum atomic E-state index is -3.02. The summed E-state index contributed by atoms with van der Waals surface area (Å²) < 4.78 is 40.2. The predicted octanol–water partition coefficient (Wildman–Crippen LogP) is 3.85. The minimum absolute atomic E-state index is 0.0892. The zero-order valence-corrected chi connectivity index (χ0v) is 18.8. The molecule has 2 aliphatic rings. The van der Waals surface area contributed by atoms with E-state index in [2.05, 4.69) is 10.1 Å². The molecule has 2 heterocycles. The Labute approximate surface area is 200 Å². The van der Waals surface area contributed by atoms with Crippen molar-refractivity contribution < 1.29 is 37.4 Å². The number of para-hydroxylation sites is 2. The van der Waals surface area contributed by atoms with Gasteiger partial charge in [-0.25, -0.2) is 14.4 Å². The van der Waals surface area contributed by atoms with E-state index in [0.717, 1.165) is 5.56 Å². The van der Waals surface area contributed by atoms with Gasteiger partial charge in [0.1, 0.15) is 19.0 Å². The fourth-order valence-corrected chi connectivity index (χ4v) is 4.15. The number of hydrogen-bond donors (Lipinski definition) is 1. The largest absolute Gasteiger partial charge is 0.459 e. The predicted molar refractivity (Wildman–Crippen MR) is 120 cm³/mol. The molecule has 186 valence electrons. The van der Waals surface area contributed by atoms with Crippen LogP contribution in [0, 0.1) is 0 Å². The zero-order valence-electron chi connectivity index (χ0n) is 18.8. The second-order valence-electron chi connectivity index (χ2n) is 8.12. The summed E-state index contributed by atoms with van der Waals surface area (Å²) in [7, 11) is 0. The van der Waals surface area contributed by atoms with Crippen molar-refractivity contribution in [3.8, 4) is 5.75 Å². The van der Waals surface area contributed by atoms with Gasteiger partial charge in [0.15, 0.2) is 6.04 Å². The Bertz CT molecular complexity index is 1050. The maximum atomic E-state index is 12.7. The molecule has 1 N–H and O–H groups in total. The van der Waals surface area contributed by atoms with E-state index in [9.17, 15) is 23.2 Å². The van der Waals surface area contributed by atoms with Crippen LogP contribution in [0.4, 0.5) is 24.1 Å². The van der Waals surface area contributed by atoms with Crippen molar-refractivity contribution in [3.05, 3.63) is 60.2 Å². The number of alkyl halides is 2. The van der Waals surface area contributed by atoms with Crippen molar-refractivity contribution >= 4 is 23.8 Å². The molecule has 1 atom stereocenters. The molecule has 0 saturated carbocycles. The lowest BCUT2D eigenvalue weighted by molar-refractivity contribution is -0.150. The molecule has 1 unspecified atom stereocenters. The molecule has 2 saturated heterocycles. The lowest BCUT2D eigenvalue weighted by atomic mass is 10.0. The molecule has 0 bridgehead atoms. The van der Waals surface area contributed by atoms with Gasteiger partial charge in [-0.3, -0.25) is 4.90 Å². The van der Waals surface area contributed by atoms with Crippen molar-refractivity contribution in [1.82, 2.24) is 9.80 Å². The molecule has 0 spiro atoms. The van der Waals surface area contributed by atoms with Gasteiger partial charge in [-0.2, -0.15) is 8.78 Å². The molecule has 2 aromatic carbocycles. The molecule has 3 amide bonds. The molecule has 4 rings (SSSR count). The number of hydrogen-bond acceptors (Lipinski definition) is 6. The van der Waals surface area contributed by atoms with E-state index in [0.29, 0.717) is 25.9 Å². The van der Waals surface area contributed by atoms with E-state index in [1.807, 2.05) is 30.3 Å². The number of likely N-dealkylation sites (tertiary alicyclic amines) is 1. The Morgan fingerprint density at radius 3 is 2.46 bits per heavy atom. The number of piperidine rings is 1. The number of nitrogens with zero attached hydrogens (tertiary/aromatic N) is 2. The quantitative estimate of drug-likeness (QED) is 0.594. The number of benzene rings is 2. The fourth-order valence-electron chi connectivity index (χ4n) is 4.15. The van der Waals surface area contributed by atoms with Crippen LogP contribution in [0.2, 0.25) is 0 Å². The third-order valence-corrected chi connectivity index (χ3v) is 5.90. The van der Waals surface area contributed by atoms with Crippen LogP contribution in [0.15, 0.2) is 54.6 Å². The minimum Gasteiger partial charge on any atom is -0.459 e. The van der Waals surface area contributed by atoms with Gasteiger partial charge >= 0.3 is 24.7 Å². The van der Waals surface area contributed by atoms with E-state index in [1.165, 1.54) is 28.0 Å². The van der Waals surface area contributed by atoms with E-state index >= 15 is 0 Å². The molecule has 9 nitrogen and oxygen atoms in total. The highest BCUT2D eigenvalue weighted by Gasteiger charge is 2.44. The first-order valence-electron chi connectivity index (χ1n) is 11.2. The molecule has 0 radical (unpaired) electrons. The zero-order chi connectivity index (χ0) is 24.8. The van der Waals surface area contributed by atoms with Crippen molar-refractivity contribution in [2.45, 2.75) is 38.1 Å². The molecule has 2 aliphatic heterocycles. The lowest BCUT2D eigenvalue weighted by Gasteiger charge is -2.37. The number of halogens is 2. The van der Waals surface area contributed by atoms with Crippen molar-refractivity contribution in [2.24, 2.45) is 0 Å². The number of carbonyl (C=O) groups excluding carboxylic acids is 3. The number of urea groups is 1. The molecular formula is C24H25F2N3O6. The van der Waals surface area contributed by atoms with Crippen molar-refractivity contribution in [2.75, 3.05) is 25.0 Å². The van der Waals surface area contributed by atoms with Crippen molar-refractivity contribution in [1.29, 1.82) is 0 Å². The van der Waals surface area contributed by atoms with E-state index in [4.69, 9.17) is 9.47 Å². The Kier molecular flexibility index (Phi) is 7.64.